The molecule has 0 rings (SSSR count). The largest absolute Gasteiger partial charge is 0.479 e. The van der Waals surface area contributed by atoms with Gasteiger partial charge in [0.25, 0.3) is 0 Å². The van der Waals surface area contributed by atoms with Gasteiger partial charge in [-0.05, 0) is 0 Å². The molecule has 5 atom stereocenters. The molecule has 0 aliphatic carbocycles. The number of carboxylic acid groups (broad SMARTS) is 1. The van der Waals surface area contributed by atoms with Crippen molar-refractivity contribution in [3.63, 3.8) is 0 Å². The second-order valence-corrected chi connectivity index (χ2v) is 3.10. The quantitative estimate of drug-likeness (QED) is 0.239. The molecule has 0 aromatic rings. The average Bonchev–Trinajstić information content (AvgIpc) is 2.23. The number of aliphatic hydroxyl groups is 5. The number of aliphatic hydroxyl groups excluding tert-OH is 5. The summed E-state index contributed by atoms with van der Waals surface area (Å²) in [6, 6.07) is -1.24. The van der Waals surface area contributed by atoms with Crippen molar-refractivity contribution in [2.24, 2.45) is 5.73 Å². The summed E-state index contributed by atoms with van der Waals surface area (Å²) in [7, 11) is 0. The minimum atomic E-state index is -2.24. The Morgan fingerprint density at radius 3 is 1.87 bits per heavy atom. The fourth-order valence-electron chi connectivity index (χ4n) is 0.896. The van der Waals surface area contributed by atoms with Gasteiger partial charge in [-0.2, -0.15) is 0 Å². The smallest absolute Gasteiger partial charge is 0.335 e. The molecule has 8 N–H and O–H groups in total. The first kappa shape index (κ1) is 14.2. The lowest BCUT2D eigenvalue weighted by Crippen LogP contribution is -2.54. The molecule has 0 fully saturated rings. The zero-order valence-corrected chi connectivity index (χ0v) is 7.76. The summed E-state index contributed by atoms with van der Waals surface area (Å²) in [6.07, 6.45) is -8.02. The van der Waals surface area contributed by atoms with Crippen LogP contribution in [0.2, 0.25) is 0 Å². The van der Waals surface area contributed by atoms with Crippen molar-refractivity contribution in [3.05, 3.63) is 0 Å². The number of carboxylic acids is 1. The van der Waals surface area contributed by atoms with Crippen molar-refractivity contribution in [2.75, 3.05) is 6.61 Å². The summed E-state index contributed by atoms with van der Waals surface area (Å²) in [5.41, 5.74) is 5.13. The van der Waals surface area contributed by atoms with Gasteiger partial charge < -0.3 is 36.4 Å². The van der Waals surface area contributed by atoms with Gasteiger partial charge in [-0.3, -0.25) is 0 Å². The molecule has 8 nitrogen and oxygen atoms in total. The summed E-state index contributed by atoms with van der Waals surface area (Å²) in [5, 5.41) is 53.1. The molecule has 0 unspecified atom stereocenters. The Labute approximate surface area is 85.2 Å². The molecule has 0 saturated heterocycles. The van der Waals surface area contributed by atoms with Crippen LogP contribution in [0.15, 0.2) is 0 Å². The minimum absolute atomic E-state index is 0.659. The minimum Gasteiger partial charge on any atom is -0.479 e. The lowest BCUT2D eigenvalue weighted by Gasteiger charge is -2.27. The van der Waals surface area contributed by atoms with E-state index in [4.69, 9.17) is 26.2 Å². The summed E-state index contributed by atoms with van der Waals surface area (Å²) >= 11 is 0. The second-order valence-electron chi connectivity index (χ2n) is 3.10. The van der Waals surface area contributed by atoms with Crippen molar-refractivity contribution in [3.8, 4) is 0 Å². The fourth-order valence-corrected chi connectivity index (χ4v) is 0.896. The van der Waals surface area contributed by atoms with E-state index in [1.807, 2.05) is 0 Å². The second kappa shape index (κ2) is 5.95. The Morgan fingerprint density at radius 2 is 1.53 bits per heavy atom. The first-order valence-corrected chi connectivity index (χ1v) is 4.14. The van der Waals surface area contributed by atoms with E-state index < -0.39 is 43.0 Å². The molecule has 0 aliphatic rings. The molecule has 0 aliphatic heterocycles. The van der Waals surface area contributed by atoms with Crippen molar-refractivity contribution in [1.82, 2.24) is 0 Å². The zero-order valence-electron chi connectivity index (χ0n) is 7.76. The van der Waals surface area contributed by atoms with Gasteiger partial charge in [-0.25, -0.2) is 4.79 Å². The summed E-state index contributed by atoms with van der Waals surface area (Å²) < 4.78 is 0. The third-order valence-corrected chi connectivity index (χ3v) is 1.93. The third kappa shape index (κ3) is 3.70. The molecule has 0 heterocycles. The maximum absolute atomic E-state index is 10.2. The predicted molar refractivity (Wildman–Crippen MR) is 46.7 cm³/mol. The Morgan fingerprint density at radius 1 is 1.07 bits per heavy atom. The molecule has 0 aromatic carbocycles. The molecule has 0 amide bonds. The molecule has 0 bridgehead atoms. The normalized spacial score (nSPS) is 21.5. The number of hydrogen-bond acceptors (Lipinski definition) is 7. The molecule has 8 heteroatoms. The van der Waals surface area contributed by atoms with Crippen LogP contribution in [0.25, 0.3) is 0 Å². The van der Waals surface area contributed by atoms with Crippen molar-refractivity contribution < 1.29 is 35.4 Å². The van der Waals surface area contributed by atoms with Crippen LogP contribution in [-0.2, 0) is 4.79 Å². The number of carbonyl (C=O) groups is 1. The van der Waals surface area contributed by atoms with Crippen LogP contribution in [0.3, 0.4) is 0 Å². The predicted octanol–water partition coefficient (Wildman–Crippen LogP) is -4.17. The Bertz CT molecular complexity index is 212. The van der Waals surface area contributed by atoms with E-state index in [9.17, 15) is 15.0 Å². The van der Waals surface area contributed by atoms with Crippen LogP contribution in [0.1, 0.15) is 0 Å². The lowest BCUT2D eigenvalue weighted by atomic mass is 9.98. The van der Waals surface area contributed by atoms with Gasteiger partial charge >= 0.3 is 5.97 Å². The van der Waals surface area contributed by atoms with Gasteiger partial charge in [-0.1, -0.05) is 0 Å². The Balaban J connectivity index is 4.42. The van der Waals surface area contributed by atoms with E-state index in [1.165, 1.54) is 0 Å². The van der Waals surface area contributed by atoms with E-state index in [1.54, 1.807) is 0 Å². The Kier molecular flexibility index (Phi) is 5.65. The van der Waals surface area contributed by atoms with Crippen LogP contribution < -0.4 is 5.73 Å². The third-order valence-electron chi connectivity index (χ3n) is 1.93. The summed E-state index contributed by atoms with van der Waals surface area (Å²) in [4.78, 5) is 10.2. The summed E-state index contributed by atoms with van der Waals surface area (Å²) in [6.45, 7) is -0.659. The molecule has 0 spiro atoms. The fraction of sp³-hybridized carbons (Fsp3) is 0.857. The van der Waals surface area contributed by atoms with Crippen LogP contribution in [0.4, 0.5) is 0 Å². The molecule has 90 valence electrons. The van der Waals surface area contributed by atoms with Gasteiger partial charge in [-0.15, -0.1) is 0 Å². The van der Waals surface area contributed by atoms with Gasteiger partial charge in [0, 0.05) is 0 Å². The monoisotopic (exact) mass is 225 g/mol. The highest BCUT2D eigenvalue weighted by Crippen LogP contribution is 2.07. The number of nitrogens with two attached hydrogens (primary N) is 1. The molecule has 0 saturated carbocycles. The molecule has 0 radical (unpaired) electrons. The molecular weight excluding hydrogens is 210 g/mol. The van der Waals surface area contributed by atoms with Crippen LogP contribution in [-0.4, -0.2) is 73.7 Å². The number of aliphatic carboxylic acids is 1. The Hall–Kier alpha value is -0.770. The van der Waals surface area contributed by atoms with E-state index in [-0.39, 0.29) is 0 Å². The van der Waals surface area contributed by atoms with E-state index >= 15 is 0 Å². The van der Waals surface area contributed by atoms with Crippen molar-refractivity contribution in [1.29, 1.82) is 0 Å². The van der Waals surface area contributed by atoms with Crippen LogP contribution >= 0.6 is 0 Å². The highest BCUT2D eigenvalue weighted by Gasteiger charge is 2.36. The first-order valence-electron chi connectivity index (χ1n) is 4.14. The molecule has 15 heavy (non-hydrogen) atoms. The first-order chi connectivity index (χ1) is 6.82. The van der Waals surface area contributed by atoms with Crippen molar-refractivity contribution in [2.45, 2.75) is 30.5 Å². The van der Waals surface area contributed by atoms with Gasteiger partial charge in [0.1, 0.15) is 12.2 Å². The van der Waals surface area contributed by atoms with Crippen LogP contribution in [0, 0.1) is 0 Å². The zero-order chi connectivity index (χ0) is 12.2. The van der Waals surface area contributed by atoms with Gasteiger partial charge in [0.05, 0.1) is 18.8 Å². The summed E-state index contributed by atoms with van der Waals surface area (Å²) in [5.74, 6) is -1.74. The van der Waals surface area contributed by atoms with E-state index in [2.05, 4.69) is 0 Å². The van der Waals surface area contributed by atoms with E-state index in [0.717, 1.165) is 0 Å². The van der Waals surface area contributed by atoms with Gasteiger partial charge in [0.15, 0.2) is 6.10 Å². The lowest BCUT2D eigenvalue weighted by molar-refractivity contribution is -0.163. The highest BCUT2D eigenvalue weighted by atomic mass is 16.4. The highest BCUT2D eigenvalue weighted by molar-refractivity contribution is 5.72. The number of rotatable bonds is 6. The maximum Gasteiger partial charge on any atom is 0.335 e. The average molecular weight is 225 g/mol. The molecular formula is C7H15NO7. The van der Waals surface area contributed by atoms with Crippen molar-refractivity contribution >= 4 is 5.97 Å². The maximum atomic E-state index is 10.2. The van der Waals surface area contributed by atoms with E-state index in [0.29, 0.717) is 0 Å². The molecule has 0 aromatic heterocycles. The SMILES string of the molecule is N[C@@H](CO)[C@@H](O)[C@@H](O)[C@H](O)[C@@H](O)C(=O)O. The number of hydrogen-bond donors (Lipinski definition) is 7. The van der Waals surface area contributed by atoms with Crippen LogP contribution in [0.5, 0.6) is 0 Å². The standard InChI is InChI=1S/C7H15NO7/c8-2(1-9)3(10)4(11)5(12)6(13)7(14)15/h2-6,9-13H,1,8H2,(H,14,15)/t2-,3+,4+,5-,6+/m0/s1. The topological polar surface area (TPSA) is 164 Å². The van der Waals surface area contributed by atoms with Gasteiger partial charge in [0.2, 0.25) is 0 Å².